The van der Waals surface area contributed by atoms with Gasteiger partial charge in [0.2, 0.25) is 0 Å². The van der Waals surface area contributed by atoms with Crippen molar-refractivity contribution in [3.8, 4) is 5.75 Å². The number of benzene rings is 1. The van der Waals surface area contributed by atoms with Crippen molar-refractivity contribution in [2.24, 2.45) is 0 Å². The molecule has 2 aromatic rings. The van der Waals surface area contributed by atoms with E-state index < -0.39 is 0 Å². The number of ether oxygens (including phenoxy) is 1. The molecule has 0 atom stereocenters. The fourth-order valence-corrected chi connectivity index (χ4v) is 2.24. The Kier molecular flexibility index (Phi) is 4.02. The molecule has 0 saturated carbocycles. The smallest absolute Gasteiger partial charge is 0.138 e. The summed E-state index contributed by atoms with van der Waals surface area (Å²) in [5, 5.41) is 2.63. The quantitative estimate of drug-likeness (QED) is 0.814. The fourth-order valence-electron chi connectivity index (χ4n) is 1.45. The first kappa shape index (κ1) is 12.4. The maximum Gasteiger partial charge on any atom is 0.138 e. The molecule has 0 aliphatic heterocycles. The molecular formula is C13H14ClNOS. The van der Waals surface area contributed by atoms with Crippen molar-refractivity contribution in [2.45, 2.75) is 26.4 Å². The SMILES string of the molecule is CC(C)c1ccc(OCc2cscn2)c(Cl)c1. The van der Waals surface area contributed by atoms with E-state index in [9.17, 15) is 0 Å². The number of rotatable bonds is 4. The van der Waals surface area contributed by atoms with Crippen LogP contribution in [0.5, 0.6) is 5.75 Å². The van der Waals surface area contributed by atoms with Crippen molar-refractivity contribution in [1.82, 2.24) is 4.98 Å². The molecule has 0 radical (unpaired) electrons. The van der Waals surface area contributed by atoms with Gasteiger partial charge in [-0.05, 0) is 23.6 Å². The van der Waals surface area contributed by atoms with E-state index in [0.717, 1.165) is 5.69 Å². The first-order chi connectivity index (χ1) is 8.16. The molecule has 1 aromatic heterocycles. The predicted molar refractivity (Wildman–Crippen MR) is 72.0 cm³/mol. The third-order valence-electron chi connectivity index (χ3n) is 2.48. The Labute approximate surface area is 110 Å². The van der Waals surface area contributed by atoms with E-state index in [4.69, 9.17) is 16.3 Å². The number of hydrogen-bond donors (Lipinski definition) is 0. The van der Waals surface area contributed by atoms with Gasteiger partial charge in [-0.1, -0.05) is 31.5 Å². The highest BCUT2D eigenvalue weighted by molar-refractivity contribution is 7.07. The van der Waals surface area contributed by atoms with E-state index in [1.54, 1.807) is 16.8 Å². The molecule has 17 heavy (non-hydrogen) atoms. The van der Waals surface area contributed by atoms with Crippen LogP contribution >= 0.6 is 22.9 Å². The highest BCUT2D eigenvalue weighted by Gasteiger charge is 2.06. The molecule has 0 saturated heterocycles. The highest BCUT2D eigenvalue weighted by Crippen LogP contribution is 2.28. The van der Waals surface area contributed by atoms with Gasteiger partial charge in [0.1, 0.15) is 12.4 Å². The topological polar surface area (TPSA) is 22.1 Å². The number of thiazole rings is 1. The van der Waals surface area contributed by atoms with E-state index in [-0.39, 0.29) is 0 Å². The van der Waals surface area contributed by atoms with Crippen LogP contribution in [-0.4, -0.2) is 4.98 Å². The number of nitrogens with zero attached hydrogens (tertiary/aromatic N) is 1. The molecule has 4 heteroatoms. The van der Waals surface area contributed by atoms with Gasteiger partial charge < -0.3 is 4.74 Å². The molecule has 0 spiro atoms. The summed E-state index contributed by atoms with van der Waals surface area (Å²) in [7, 11) is 0. The summed E-state index contributed by atoms with van der Waals surface area (Å²) >= 11 is 7.73. The normalized spacial score (nSPS) is 10.8. The average Bonchev–Trinajstić information content (AvgIpc) is 2.80. The molecule has 2 rings (SSSR count). The van der Waals surface area contributed by atoms with Crippen LogP contribution in [0.2, 0.25) is 5.02 Å². The van der Waals surface area contributed by atoms with Crippen LogP contribution in [0.4, 0.5) is 0 Å². The third kappa shape index (κ3) is 3.20. The summed E-state index contributed by atoms with van der Waals surface area (Å²) in [6.07, 6.45) is 0. The largest absolute Gasteiger partial charge is 0.486 e. The van der Waals surface area contributed by atoms with Gasteiger partial charge in [-0.25, -0.2) is 4.98 Å². The van der Waals surface area contributed by atoms with Crippen LogP contribution in [0.25, 0.3) is 0 Å². The molecule has 0 bridgehead atoms. The summed E-state index contributed by atoms with van der Waals surface area (Å²) in [5.74, 6) is 1.18. The number of halogens is 1. The van der Waals surface area contributed by atoms with Gasteiger partial charge in [0.25, 0.3) is 0 Å². The summed E-state index contributed by atoms with van der Waals surface area (Å²) in [6.45, 7) is 4.74. The number of aromatic nitrogens is 1. The fraction of sp³-hybridized carbons (Fsp3) is 0.308. The van der Waals surface area contributed by atoms with Crippen LogP contribution < -0.4 is 4.74 Å². The Hall–Kier alpha value is -1.06. The molecule has 0 aliphatic carbocycles. The van der Waals surface area contributed by atoms with Gasteiger partial charge in [0.05, 0.1) is 16.2 Å². The Bertz CT molecular complexity index is 482. The second kappa shape index (κ2) is 5.52. The molecule has 1 aromatic carbocycles. The molecule has 0 fully saturated rings. The van der Waals surface area contributed by atoms with Gasteiger partial charge in [-0.3, -0.25) is 0 Å². The molecule has 2 nitrogen and oxygen atoms in total. The molecule has 0 amide bonds. The van der Waals surface area contributed by atoms with Crippen LogP contribution in [0, 0.1) is 0 Å². The number of hydrogen-bond acceptors (Lipinski definition) is 3. The van der Waals surface area contributed by atoms with Crippen LogP contribution in [0.1, 0.15) is 31.0 Å². The summed E-state index contributed by atoms with van der Waals surface area (Å²) < 4.78 is 5.63. The van der Waals surface area contributed by atoms with Gasteiger partial charge >= 0.3 is 0 Å². The van der Waals surface area contributed by atoms with E-state index in [1.165, 1.54) is 5.56 Å². The van der Waals surface area contributed by atoms with E-state index in [2.05, 4.69) is 18.8 Å². The lowest BCUT2D eigenvalue weighted by atomic mass is 10.0. The van der Waals surface area contributed by atoms with Crippen LogP contribution in [0.15, 0.2) is 29.1 Å². The molecule has 1 heterocycles. The average molecular weight is 268 g/mol. The van der Waals surface area contributed by atoms with Crippen LogP contribution in [0.3, 0.4) is 0 Å². The minimum atomic E-state index is 0.463. The first-order valence-electron chi connectivity index (χ1n) is 5.46. The molecular weight excluding hydrogens is 254 g/mol. The first-order valence-corrected chi connectivity index (χ1v) is 6.78. The second-order valence-electron chi connectivity index (χ2n) is 4.11. The van der Waals surface area contributed by atoms with Crippen molar-refractivity contribution < 1.29 is 4.74 Å². The van der Waals surface area contributed by atoms with E-state index in [0.29, 0.717) is 23.3 Å². The molecule has 0 unspecified atom stereocenters. The van der Waals surface area contributed by atoms with Crippen molar-refractivity contribution in [3.05, 3.63) is 45.4 Å². The zero-order valence-corrected chi connectivity index (χ0v) is 11.4. The monoisotopic (exact) mass is 267 g/mol. The Balaban J connectivity index is 2.06. The summed E-state index contributed by atoms with van der Waals surface area (Å²) in [4.78, 5) is 4.16. The van der Waals surface area contributed by atoms with Gasteiger partial charge in [0, 0.05) is 5.38 Å². The van der Waals surface area contributed by atoms with E-state index in [1.807, 2.05) is 23.6 Å². The minimum absolute atomic E-state index is 0.463. The Morgan fingerprint density at radius 1 is 1.41 bits per heavy atom. The maximum absolute atomic E-state index is 6.17. The third-order valence-corrected chi connectivity index (χ3v) is 3.41. The Morgan fingerprint density at radius 2 is 2.24 bits per heavy atom. The zero-order chi connectivity index (χ0) is 12.3. The standard InChI is InChI=1S/C13H14ClNOS/c1-9(2)10-3-4-13(12(14)5-10)16-6-11-7-17-8-15-11/h3-5,7-9H,6H2,1-2H3. The summed E-state index contributed by atoms with van der Waals surface area (Å²) in [6, 6.07) is 5.93. The second-order valence-corrected chi connectivity index (χ2v) is 5.24. The Morgan fingerprint density at radius 3 is 2.82 bits per heavy atom. The van der Waals surface area contributed by atoms with Gasteiger partial charge in [0.15, 0.2) is 0 Å². The lowest BCUT2D eigenvalue weighted by Gasteiger charge is -2.10. The van der Waals surface area contributed by atoms with E-state index >= 15 is 0 Å². The molecule has 0 N–H and O–H groups in total. The zero-order valence-electron chi connectivity index (χ0n) is 9.81. The lowest BCUT2D eigenvalue weighted by molar-refractivity contribution is 0.302. The van der Waals surface area contributed by atoms with Crippen LogP contribution in [-0.2, 0) is 6.61 Å². The van der Waals surface area contributed by atoms with Gasteiger partial charge in [-0.2, -0.15) is 0 Å². The highest BCUT2D eigenvalue weighted by atomic mass is 35.5. The van der Waals surface area contributed by atoms with Crippen molar-refractivity contribution in [2.75, 3.05) is 0 Å². The molecule has 90 valence electrons. The van der Waals surface area contributed by atoms with Crippen molar-refractivity contribution in [1.29, 1.82) is 0 Å². The predicted octanol–water partition coefficient (Wildman–Crippen LogP) is 4.50. The maximum atomic E-state index is 6.17. The van der Waals surface area contributed by atoms with Crippen molar-refractivity contribution >= 4 is 22.9 Å². The molecule has 0 aliphatic rings. The van der Waals surface area contributed by atoms with Gasteiger partial charge in [-0.15, -0.1) is 11.3 Å². The summed E-state index contributed by atoms with van der Waals surface area (Å²) in [5.41, 5.74) is 3.94. The lowest BCUT2D eigenvalue weighted by Crippen LogP contribution is -1.97. The minimum Gasteiger partial charge on any atom is -0.486 e. The van der Waals surface area contributed by atoms with Crippen molar-refractivity contribution in [3.63, 3.8) is 0 Å².